The van der Waals surface area contributed by atoms with E-state index in [0.717, 1.165) is 22.8 Å². The number of benzene rings is 1. The van der Waals surface area contributed by atoms with E-state index in [-0.39, 0.29) is 0 Å². The Morgan fingerprint density at radius 1 is 1.21 bits per heavy atom. The van der Waals surface area contributed by atoms with E-state index in [1.54, 1.807) is 19.4 Å². The fourth-order valence-corrected chi connectivity index (χ4v) is 1.51. The van der Waals surface area contributed by atoms with Crippen LogP contribution in [0.5, 0.6) is 5.75 Å². The van der Waals surface area contributed by atoms with Crippen LogP contribution in [0.3, 0.4) is 0 Å². The zero-order valence-corrected chi connectivity index (χ0v) is 10.6. The number of hydrogen-bond donors (Lipinski definition) is 1. The summed E-state index contributed by atoms with van der Waals surface area (Å²) < 4.78 is 5.59. The lowest BCUT2D eigenvalue weighted by Gasteiger charge is -2.06. The Kier molecular flexibility index (Phi) is 4.29. The molecule has 0 aliphatic carbocycles. The summed E-state index contributed by atoms with van der Waals surface area (Å²) in [6.07, 6.45) is 3.75. The molecule has 19 heavy (non-hydrogen) atoms. The maximum absolute atomic E-state index is 8.58. The van der Waals surface area contributed by atoms with Gasteiger partial charge < -0.3 is 10.1 Å². The SMILES string of the molecule is CNc1cnc(COc2ccc(CC#N)cc2)cn1. The van der Waals surface area contributed by atoms with Gasteiger partial charge in [0.2, 0.25) is 0 Å². The van der Waals surface area contributed by atoms with Crippen molar-refractivity contribution in [3.63, 3.8) is 0 Å². The third-order valence-corrected chi connectivity index (χ3v) is 2.55. The Hall–Kier alpha value is -2.61. The zero-order valence-electron chi connectivity index (χ0n) is 10.6. The third-order valence-electron chi connectivity index (χ3n) is 2.55. The van der Waals surface area contributed by atoms with Crippen molar-refractivity contribution in [2.24, 2.45) is 0 Å². The molecule has 0 unspecified atom stereocenters. The molecule has 1 aromatic heterocycles. The summed E-state index contributed by atoms with van der Waals surface area (Å²) in [6.45, 7) is 0.370. The van der Waals surface area contributed by atoms with Crippen molar-refractivity contribution in [2.45, 2.75) is 13.0 Å². The fraction of sp³-hybridized carbons (Fsp3) is 0.214. The lowest BCUT2D eigenvalue weighted by Crippen LogP contribution is -2.01. The predicted octanol–water partition coefficient (Wildman–Crippen LogP) is 2.16. The van der Waals surface area contributed by atoms with Crippen LogP contribution in [0.2, 0.25) is 0 Å². The van der Waals surface area contributed by atoms with E-state index in [0.29, 0.717) is 13.0 Å². The van der Waals surface area contributed by atoms with Crippen LogP contribution < -0.4 is 10.1 Å². The average molecular weight is 254 g/mol. The molecule has 1 aromatic carbocycles. The van der Waals surface area contributed by atoms with E-state index in [2.05, 4.69) is 21.4 Å². The molecule has 0 fully saturated rings. The smallest absolute Gasteiger partial charge is 0.144 e. The lowest BCUT2D eigenvalue weighted by molar-refractivity contribution is 0.301. The molecule has 0 amide bonds. The molecule has 2 aromatic rings. The van der Waals surface area contributed by atoms with Crippen molar-refractivity contribution in [3.8, 4) is 11.8 Å². The molecule has 5 nitrogen and oxygen atoms in total. The average Bonchev–Trinajstić information content (AvgIpc) is 2.47. The van der Waals surface area contributed by atoms with Gasteiger partial charge in [0, 0.05) is 7.05 Å². The van der Waals surface area contributed by atoms with Gasteiger partial charge in [0.1, 0.15) is 18.2 Å². The highest BCUT2D eigenvalue weighted by atomic mass is 16.5. The van der Waals surface area contributed by atoms with Crippen LogP contribution in [0.4, 0.5) is 5.82 Å². The summed E-state index contributed by atoms with van der Waals surface area (Å²) in [5, 5.41) is 11.5. The highest BCUT2D eigenvalue weighted by Gasteiger charge is 1.99. The van der Waals surface area contributed by atoms with Crippen LogP contribution in [-0.4, -0.2) is 17.0 Å². The van der Waals surface area contributed by atoms with Crippen LogP contribution in [0.1, 0.15) is 11.3 Å². The number of nitriles is 1. The van der Waals surface area contributed by atoms with Crippen LogP contribution in [0.25, 0.3) is 0 Å². The number of nitrogens with zero attached hydrogens (tertiary/aromatic N) is 3. The van der Waals surface area contributed by atoms with Crippen LogP contribution in [0.15, 0.2) is 36.7 Å². The molecule has 0 spiro atoms. The van der Waals surface area contributed by atoms with Crippen molar-refractivity contribution >= 4 is 5.82 Å². The van der Waals surface area contributed by atoms with Gasteiger partial charge >= 0.3 is 0 Å². The molecular formula is C14H14N4O. The normalized spacial score (nSPS) is 9.68. The lowest BCUT2D eigenvalue weighted by atomic mass is 10.2. The Balaban J connectivity index is 1.92. The topological polar surface area (TPSA) is 70.8 Å². The Labute approximate surface area is 111 Å². The van der Waals surface area contributed by atoms with Crippen molar-refractivity contribution in [2.75, 3.05) is 12.4 Å². The molecule has 0 aliphatic rings. The second-order valence-electron chi connectivity index (χ2n) is 3.91. The minimum atomic E-state index is 0.370. The van der Waals surface area contributed by atoms with Crippen molar-refractivity contribution in [1.29, 1.82) is 5.26 Å². The standard InChI is InChI=1S/C14H14N4O/c1-16-14-9-17-12(8-18-14)10-19-13-4-2-11(3-5-13)6-7-15/h2-5,8-9H,6,10H2,1H3,(H,16,18). The summed E-state index contributed by atoms with van der Waals surface area (Å²) in [4.78, 5) is 8.38. The highest BCUT2D eigenvalue weighted by Crippen LogP contribution is 2.14. The number of ether oxygens (including phenoxy) is 1. The van der Waals surface area contributed by atoms with Gasteiger partial charge in [-0.25, -0.2) is 4.98 Å². The minimum Gasteiger partial charge on any atom is -0.487 e. The first-order valence-electron chi connectivity index (χ1n) is 5.89. The Bertz CT molecular complexity index is 557. The largest absolute Gasteiger partial charge is 0.487 e. The van der Waals surface area contributed by atoms with Crippen LogP contribution >= 0.6 is 0 Å². The first-order valence-corrected chi connectivity index (χ1v) is 5.89. The Morgan fingerprint density at radius 2 is 2.00 bits per heavy atom. The van der Waals surface area contributed by atoms with E-state index in [1.807, 2.05) is 24.3 Å². The van der Waals surface area contributed by atoms with Gasteiger partial charge in [-0.15, -0.1) is 0 Å². The maximum Gasteiger partial charge on any atom is 0.144 e. The summed E-state index contributed by atoms with van der Waals surface area (Å²) in [6, 6.07) is 9.57. The molecule has 0 atom stereocenters. The van der Waals surface area contributed by atoms with Crippen molar-refractivity contribution in [3.05, 3.63) is 47.9 Å². The number of hydrogen-bond acceptors (Lipinski definition) is 5. The molecule has 0 radical (unpaired) electrons. The molecule has 1 N–H and O–H groups in total. The summed E-state index contributed by atoms with van der Waals surface area (Å²) in [7, 11) is 1.79. The number of aromatic nitrogens is 2. The van der Waals surface area contributed by atoms with E-state index < -0.39 is 0 Å². The zero-order chi connectivity index (χ0) is 13.5. The second-order valence-corrected chi connectivity index (χ2v) is 3.91. The van der Waals surface area contributed by atoms with E-state index >= 15 is 0 Å². The first kappa shape index (κ1) is 12.8. The van der Waals surface area contributed by atoms with Gasteiger partial charge in [0.05, 0.1) is 30.6 Å². The molecule has 5 heteroatoms. The van der Waals surface area contributed by atoms with Crippen molar-refractivity contribution < 1.29 is 4.74 Å². The van der Waals surface area contributed by atoms with E-state index in [9.17, 15) is 0 Å². The molecule has 2 rings (SSSR count). The summed E-state index contributed by atoms with van der Waals surface area (Å²) in [5.41, 5.74) is 1.74. The van der Waals surface area contributed by atoms with Gasteiger partial charge in [-0.1, -0.05) is 12.1 Å². The van der Waals surface area contributed by atoms with Gasteiger partial charge in [-0.05, 0) is 17.7 Å². The quantitative estimate of drug-likeness (QED) is 0.885. The monoisotopic (exact) mass is 254 g/mol. The highest BCUT2D eigenvalue weighted by molar-refractivity contribution is 5.30. The maximum atomic E-state index is 8.58. The summed E-state index contributed by atoms with van der Waals surface area (Å²) >= 11 is 0. The number of nitrogens with one attached hydrogen (secondary N) is 1. The van der Waals surface area contributed by atoms with Crippen molar-refractivity contribution in [1.82, 2.24) is 9.97 Å². The van der Waals surface area contributed by atoms with Crippen LogP contribution in [-0.2, 0) is 13.0 Å². The number of rotatable bonds is 5. The molecular weight excluding hydrogens is 240 g/mol. The van der Waals surface area contributed by atoms with Gasteiger partial charge in [0.25, 0.3) is 0 Å². The predicted molar refractivity (Wildman–Crippen MR) is 71.7 cm³/mol. The molecule has 1 heterocycles. The molecule has 0 aliphatic heterocycles. The summed E-state index contributed by atoms with van der Waals surface area (Å²) in [5.74, 6) is 1.48. The molecule has 96 valence electrons. The van der Waals surface area contributed by atoms with E-state index in [4.69, 9.17) is 10.00 Å². The second kappa shape index (κ2) is 6.36. The molecule has 0 bridgehead atoms. The van der Waals surface area contributed by atoms with E-state index in [1.165, 1.54) is 0 Å². The van der Waals surface area contributed by atoms with Crippen LogP contribution in [0, 0.1) is 11.3 Å². The molecule has 0 saturated carbocycles. The molecule has 0 saturated heterocycles. The fourth-order valence-electron chi connectivity index (χ4n) is 1.51. The van der Waals surface area contributed by atoms with Gasteiger partial charge in [-0.3, -0.25) is 4.98 Å². The first-order chi connectivity index (χ1) is 9.31. The Morgan fingerprint density at radius 3 is 2.58 bits per heavy atom. The van der Waals surface area contributed by atoms with Gasteiger partial charge in [0.15, 0.2) is 0 Å². The third kappa shape index (κ3) is 3.68. The number of anilines is 1. The van der Waals surface area contributed by atoms with Gasteiger partial charge in [-0.2, -0.15) is 5.26 Å². The minimum absolute atomic E-state index is 0.370.